The maximum atomic E-state index is 10.4. The van der Waals surface area contributed by atoms with Crippen LogP contribution in [0, 0.1) is 5.92 Å². The van der Waals surface area contributed by atoms with Crippen LogP contribution in [0.25, 0.3) is 0 Å². The predicted molar refractivity (Wildman–Crippen MR) is 44.6 cm³/mol. The Morgan fingerprint density at radius 2 is 2.00 bits per heavy atom. The molecule has 11 heavy (non-hydrogen) atoms. The second kappa shape index (κ2) is 5.38. The molecule has 0 unspecified atom stereocenters. The summed E-state index contributed by atoms with van der Waals surface area (Å²) in [5, 5.41) is 0. The van der Waals surface area contributed by atoms with Crippen LogP contribution in [0.15, 0.2) is 0 Å². The van der Waals surface area contributed by atoms with Crippen LogP contribution in [-0.2, 0) is 9.53 Å². The van der Waals surface area contributed by atoms with Crippen LogP contribution in [0.2, 0.25) is 0 Å². The molecule has 3 nitrogen and oxygen atoms in total. The molecule has 1 aliphatic rings. The van der Waals surface area contributed by atoms with Crippen molar-refractivity contribution in [2.45, 2.75) is 19.3 Å². The van der Waals surface area contributed by atoms with Gasteiger partial charge in [0.05, 0.1) is 0 Å². The van der Waals surface area contributed by atoms with Gasteiger partial charge in [-0.1, -0.05) is 0 Å². The number of nitrogens with two attached hydrogens (primary N) is 1. The fourth-order valence-electron chi connectivity index (χ4n) is 1.24. The summed E-state index contributed by atoms with van der Waals surface area (Å²) < 4.78 is 5.13. The third-order valence-corrected chi connectivity index (χ3v) is 1.83. The van der Waals surface area contributed by atoms with E-state index in [1.807, 2.05) is 0 Å². The van der Waals surface area contributed by atoms with Gasteiger partial charge in [-0.25, -0.2) is 0 Å². The summed E-state index contributed by atoms with van der Waals surface area (Å²) >= 11 is 0. The molecule has 4 heteroatoms. The van der Waals surface area contributed by atoms with Gasteiger partial charge >= 0.3 is 0 Å². The average molecular weight is 180 g/mol. The maximum Gasteiger partial charge on any atom is 0.217 e. The fraction of sp³-hybridized carbons (Fsp3) is 0.857. The molecule has 1 rings (SSSR count). The topological polar surface area (TPSA) is 52.3 Å². The first-order valence-corrected chi connectivity index (χ1v) is 3.65. The zero-order valence-corrected chi connectivity index (χ0v) is 7.23. The van der Waals surface area contributed by atoms with Crippen molar-refractivity contribution in [2.24, 2.45) is 11.7 Å². The highest BCUT2D eigenvalue weighted by Crippen LogP contribution is 2.17. The van der Waals surface area contributed by atoms with E-state index in [1.165, 1.54) is 0 Å². The van der Waals surface area contributed by atoms with Crippen molar-refractivity contribution < 1.29 is 9.53 Å². The zero-order valence-electron chi connectivity index (χ0n) is 6.41. The third kappa shape index (κ3) is 4.22. The first kappa shape index (κ1) is 10.7. The molecule has 0 aliphatic carbocycles. The molecular formula is C7H14ClNO2. The van der Waals surface area contributed by atoms with E-state index in [1.54, 1.807) is 0 Å². The fourth-order valence-corrected chi connectivity index (χ4v) is 1.24. The van der Waals surface area contributed by atoms with Gasteiger partial charge in [-0.05, 0) is 18.8 Å². The van der Waals surface area contributed by atoms with Crippen LogP contribution >= 0.6 is 12.4 Å². The Morgan fingerprint density at radius 3 is 2.45 bits per heavy atom. The SMILES string of the molecule is Cl.NC(=O)CC1CCOCC1. The van der Waals surface area contributed by atoms with Crippen molar-refractivity contribution in [1.29, 1.82) is 0 Å². The summed E-state index contributed by atoms with van der Waals surface area (Å²) in [7, 11) is 0. The van der Waals surface area contributed by atoms with Crippen molar-refractivity contribution >= 4 is 18.3 Å². The van der Waals surface area contributed by atoms with Gasteiger partial charge in [-0.2, -0.15) is 0 Å². The zero-order chi connectivity index (χ0) is 7.40. The Labute approximate surface area is 72.7 Å². The third-order valence-electron chi connectivity index (χ3n) is 1.83. The number of hydrogen-bond acceptors (Lipinski definition) is 2. The smallest absolute Gasteiger partial charge is 0.217 e. The highest BCUT2D eigenvalue weighted by molar-refractivity contribution is 5.85. The van der Waals surface area contributed by atoms with E-state index in [2.05, 4.69) is 0 Å². The van der Waals surface area contributed by atoms with E-state index in [9.17, 15) is 4.79 Å². The molecule has 0 saturated carbocycles. The minimum absolute atomic E-state index is 0. The number of amides is 1. The van der Waals surface area contributed by atoms with Gasteiger partial charge in [0.15, 0.2) is 0 Å². The lowest BCUT2D eigenvalue weighted by molar-refractivity contribution is -0.119. The molecule has 0 spiro atoms. The summed E-state index contributed by atoms with van der Waals surface area (Å²) in [6.45, 7) is 1.58. The van der Waals surface area contributed by atoms with Crippen LogP contribution in [0.5, 0.6) is 0 Å². The van der Waals surface area contributed by atoms with Gasteiger partial charge in [0.25, 0.3) is 0 Å². The monoisotopic (exact) mass is 179 g/mol. The Bertz CT molecular complexity index is 124. The van der Waals surface area contributed by atoms with E-state index >= 15 is 0 Å². The normalized spacial score (nSPS) is 18.9. The van der Waals surface area contributed by atoms with Crippen molar-refractivity contribution in [1.82, 2.24) is 0 Å². The van der Waals surface area contributed by atoms with Crippen LogP contribution in [0.1, 0.15) is 19.3 Å². The van der Waals surface area contributed by atoms with Gasteiger partial charge in [0, 0.05) is 19.6 Å². The molecule has 66 valence electrons. The van der Waals surface area contributed by atoms with Crippen molar-refractivity contribution in [3.05, 3.63) is 0 Å². The lowest BCUT2D eigenvalue weighted by Crippen LogP contribution is -2.22. The van der Waals surface area contributed by atoms with Gasteiger partial charge in [-0.15, -0.1) is 12.4 Å². The molecule has 0 aromatic heterocycles. The number of halogens is 1. The molecule has 1 aliphatic heterocycles. The van der Waals surface area contributed by atoms with E-state index in [-0.39, 0.29) is 18.3 Å². The van der Waals surface area contributed by atoms with E-state index in [0.29, 0.717) is 12.3 Å². The van der Waals surface area contributed by atoms with Crippen molar-refractivity contribution in [3.63, 3.8) is 0 Å². The molecule has 0 bridgehead atoms. The molecule has 1 heterocycles. The molecule has 0 atom stereocenters. The second-order valence-electron chi connectivity index (χ2n) is 2.73. The van der Waals surface area contributed by atoms with E-state index in [0.717, 1.165) is 26.1 Å². The number of hydrogen-bond donors (Lipinski definition) is 1. The molecule has 0 radical (unpaired) electrons. The second-order valence-corrected chi connectivity index (χ2v) is 2.73. The first-order chi connectivity index (χ1) is 4.79. The van der Waals surface area contributed by atoms with E-state index in [4.69, 9.17) is 10.5 Å². The minimum atomic E-state index is -0.188. The average Bonchev–Trinajstić information content (AvgIpc) is 1.88. The van der Waals surface area contributed by atoms with Crippen LogP contribution < -0.4 is 5.73 Å². The Hall–Kier alpha value is -0.280. The molecular weight excluding hydrogens is 166 g/mol. The van der Waals surface area contributed by atoms with E-state index < -0.39 is 0 Å². The molecule has 1 amide bonds. The summed E-state index contributed by atoms with van der Waals surface area (Å²) in [5.41, 5.74) is 5.04. The highest BCUT2D eigenvalue weighted by atomic mass is 35.5. The van der Waals surface area contributed by atoms with Crippen LogP contribution in [-0.4, -0.2) is 19.1 Å². The van der Waals surface area contributed by atoms with Gasteiger partial charge in [0.2, 0.25) is 5.91 Å². The minimum Gasteiger partial charge on any atom is -0.381 e. The number of ether oxygens (including phenoxy) is 1. The Kier molecular flexibility index (Phi) is 5.24. The summed E-state index contributed by atoms with van der Waals surface area (Å²) in [5.74, 6) is 0.290. The Morgan fingerprint density at radius 1 is 1.45 bits per heavy atom. The quantitative estimate of drug-likeness (QED) is 0.679. The molecule has 1 fully saturated rings. The number of carbonyl (C=O) groups is 1. The Balaban J connectivity index is 0.000001000. The standard InChI is InChI=1S/C7H13NO2.ClH/c8-7(9)5-6-1-3-10-4-2-6;/h6H,1-5H2,(H2,8,9);1H. The van der Waals surface area contributed by atoms with Gasteiger partial charge < -0.3 is 10.5 Å². The molecule has 1 saturated heterocycles. The van der Waals surface area contributed by atoms with Crippen molar-refractivity contribution in [2.75, 3.05) is 13.2 Å². The van der Waals surface area contributed by atoms with Gasteiger partial charge in [-0.3, -0.25) is 4.79 Å². The lowest BCUT2D eigenvalue weighted by Gasteiger charge is -2.20. The lowest BCUT2D eigenvalue weighted by atomic mass is 9.96. The number of primary amides is 1. The molecule has 2 N–H and O–H groups in total. The highest BCUT2D eigenvalue weighted by Gasteiger charge is 2.15. The van der Waals surface area contributed by atoms with Crippen LogP contribution in [0.3, 0.4) is 0 Å². The summed E-state index contributed by atoms with van der Waals surface area (Å²) in [6.07, 6.45) is 2.51. The number of carbonyl (C=O) groups excluding carboxylic acids is 1. The first-order valence-electron chi connectivity index (χ1n) is 3.65. The van der Waals surface area contributed by atoms with Crippen LogP contribution in [0.4, 0.5) is 0 Å². The number of rotatable bonds is 2. The largest absolute Gasteiger partial charge is 0.381 e. The predicted octanol–water partition coefficient (Wildman–Crippen LogP) is 0.710. The summed E-state index contributed by atoms with van der Waals surface area (Å²) in [6, 6.07) is 0. The maximum absolute atomic E-state index is 10.4. The molecule has 0 aromatic rings. The molecule has 0 aromatic carbocycles. The van der Waals surface area contributed by atoms with Gasteiger partial charge in [0.1, 0.15) is 0 Å². The summed E-state index contributed by atoms with van der Waals surface area (Å²) in [4.78, 5) is 10.4. The van der Waals surface area contributed by atoms with Crippen molar-refractivity contribution in [3.8, 4) is 0 Å².